The van der Waals surface area contributed by atoms with Gasteiger partial charge in [-0.2, -0.15) is 0 Å². The molecule has 2 nitrogen and oxygen atoms in total. The Morgan fingerprint density at radius 2 is 0.471 bits per heavy atom. The Morgan fingerprint density at radius 1 is 0.294 bits per heavy atom. The average Bonchev–Trinajstić information content (AvgIpc) is 2.85. The van der Waals surface area contributed by atoms with E-state index in [0.29, 0.717) is 45.0 Å². The number of nitrogens with zero attached hydrogens (tertiary/aromatic N) is 2. The van der Waals surface area contributed by atoms with Crippen molar-refractivity contribution in [3.05, 3.63) is 120 Å². The van der Waals surface area contributed by atoms with E-state index in [1.54, 1.807) is 48.5 Å². The fraction of sp³-hybridized carbons (Fsp3) is 0. The summed E-state index contributed by atoms with van der Waals surface area (Å²) in [6, 6.07) is 23.2. The van der Waals surface area contributed by atoms with Gasteiger partial charge in [0.15, 0.2) is 0 Å². The molecule has 0 bridgehead atoms. The summed E-state index contributed by atoms with van der Waals surface area (Å²) < 4.78 is 54.5. The minimum Gasteiger partial charge on any atom is -0.243 e. The number of halogens is 4. The van der Waals surface area contributed by atoms with E-state index >= 15 is 0 Å². The number of hydrogen-bond donors (Lipinski definition) is 0. The monoisotopic (exact) mass is 456 g/mol. The van der Waals surface area contributed by atoms with Crippen LogP contribution < -0.4 is 0 Å². The molecular formula is C28H16F4N2. The molecule has 0 fully saturated rings. The first-order valence-corrected chi connectivity index (χ1v) is 10.4. The van der Waals surface area contributed by atoms with Crippen molar-refractivity contribution in [3.63, 3.8) is 0 Å². The van der Waals surface area contributed by atoms with Crippen molar-refractivity contribution in [1.29, 1.82) is 0 Å². The predicted octanol–water partition coefficient (Wildman–Crippen LogP) is 7.70. The number of hydrogen-bond acceptors (Lipinski definition) is 2. The Bertz CT molecular complexity index is 1220. The zero-order chi connectivity index (χ0) is 23.7. The second-order valence-corrected chi connectivity index (χ2v) is 7.65. The maximum atomic E-state index is 13.6. The van der Waals surface area contributed by atoms with E-state index in [4.69, 9.17) is 9.97 Å². The molecule has 0 aliphatic heterocycles. The summed E-state index contributed by atoms with van der Waals surface area (Å²) in [7, 11) is 0. The lowest BCUT2D eigenvalue weighted by Gasteiger charge is -2.16. The summed E-state index contributed by atoms with van der Waals surface area (Å²) in [6.07, 6.45) is 0. The number of benzene rings is 4. The van der Waals surface area contributed by atoms with Crippen LogP contribution in [0.25, 0.3) is 45.0 Å². The maximum absolute atomic E-state index is 13.6. The van der Waals surface area contributed by atoms with Crippen molar-refractivity contribution in [1.82, 2.24) is 9.97 Å². The highest BCUT2D eigenvalue weighted by molar-refractivity contribution is 5.86. The summed E-state index contributed by atoms with van der Waals surface area (Å²) in [4.78, 5) is 9.75. The first kappa shape index (κ1) is 21.5. The van der Waals surface area contributed by atoms with Crippen LogP contribution in [-0.2, 0) is 0 Å². The SMILES string of the molecule is Fc1ccc(-c2nc(-c3ccc(F)cc3)c(-c3ccc(F)cc3)nc2-c2ccc(F)cc2)cc1. The Morgan fingerprint density at radius 3 is 0.647 bits per heavy atom. The highest BCUT2D eigenvalue weighted by atomic mass is 19.1. The summed E-state index contributed by atoms with van der Waals surface area (Å²) in [5.74, 6) is -1.60. The van der Waals surface area contributed by atoms with Crippen LogP contribution in [-0.4, -0.2) is 9.97 Å². The smallest absolute Gasteiger partial charge is 0.123 e. The van der Waals surface area contributed by atoms with Crippen molar-refractivity contribution in [2.24, 2.45) is 0 Å². The molecule has 0 N–H and O–H groups in total. The molecule has 0 atom stereocenters. The molecule has 5 rings (SSSR count). The van der Waals surface area contributed by atoms with Crippen molar-refractivity contribution in [2.75, 3.05) is 0 Å². The van der Waals surface area contributed by atoms with E-state index in [0.717, 1.165) is 0 Å². The molecule has 166 valence electrons. The van der Waals surface area contributed by atoms with Crippen LogP contribution >= 0.6 is 0 Å². The average molecular weight is 456 g/mol. The molecule has 34 heavy (non-hydrogen) atoms. The first-order chi connectivity index (χ1) is 16.5. The second-order valence-electron chi connectivity index (χ2n) is 7.65. The van der Waals surface area contributed by atoms with Crippen LogP contribution in [0.15, 0.2) is 97.1 Å². The van der Waals surface area contributed by atoms with Gasteiger partial charge in [0.05, 0.1) is 22.8 Å². The van der Waals surface area contributed by atoms with Gasteiger partial charge in [-0.3, -0.25) is 0 Å². The van der Waals surface area contributed by atoms with E-state index in [-0.39, 0.29) is 0 Å². The Hall–Kier alpha value is -4.32. The van der Waals surface area contributed by atoms with Gasteiger partial charge in [-0.25, -0.2) is 27.5 Å². The highest BCUT2D eigenvalue weighted by Crippen LogP contribution is 2.37. The van der Waals surface area contributed by atoms with Crippen molar-refractivity contribution >= 4 is 0 Å². The van der Waals surface area contributed by atoms with Crippen LogP contribution in [0.5, 0.6) is 0 Å². The van der Waals surface area contributed by atoms with Gasteiger partial charge in [0.2, 0.25) is 0 Å². The lowest BCUT2D eigenvalue weighted by molar-refractivity contribution is 0.627. The van der Waals surface area contributed by atoms with Gasteiger partial charge in [-0.1, -0.05) is 0 Å². The van der Waals surface area contributed by atoms with Gasteiger partial charge in [-0.15, -0.1) is 0 Å². The Balaban J connectivity index is 1.83. The molecule has 0 radical (unpaired) electrons. The fourth-order valence-electron chi connectivity index (χ4n) is 3.67. The van der Waals surface area contributed by atoms with Crippen molar-refractivity contribution in [2.45, 2.75) is 0 Å². The molecule has 0 unspecified atom stereocenters. The summed E-state index contributed by atoms with van der Waals surface area (Å²) >= 11 is 0. The molecule has 0 spiro atoms. The second kappa shape index (κ2) is 8.90. The van der Waals surface area contributed by atoms with E-state index in [2.05, 4.69) is 0 Å². The van der Waals surface area contributed by atoms with Gasteiger partial charge < -0.3 is 0 Å². The van der Waals surface area contributed by atoms with Gasteiger partial charge in [0, 0.05) is 22.3 Å². The van der Waals surface area contributed by atoms with E-state index in [1.165, 1.54) is 48.5 Å². The topological polar surface area (TPSA) is 25.8 Å². The molecule has 5 aromatic rings. The molecule has 0 amide bonds. The zero-order valence-electron chi connectivity index (χ0n) is 17.6. The van der Waals surface area contributed by atoms with E-state index < -0.39 is 23.3 Å². The first-order valence-electron chi connectivity index (χ1n) is 10.4. The third-order valence-corrected chi connectivity index (χ3v) is 5.37. The van der Waals surface area contributed by atoms with Crippen LogP contribution in [0.4, 0.5) is 17.6 Å². The third-order valence-electron chi connectivity index (χ3n) is 5.37. The van der Waals surface area contributed by atoms with Crippen LogP contribution in [0.1, 0.15) is 0 Å². The van der Waals surface area contributed by atoms with Gasteiger partial charge in [-0.05, 0) is 97.1 Å². The molecule has 4 aromatic carbocycles. The Labute approximate surface area is 193 Å². The predicted molar refractivity (Wildman–Crippen MR) is 124 cm³/mol. The lowest BCUT2D eigenvalue weighted by Crippen LogP contribution is -2.01. The standard InChI is InChI=1S/C28H16F4N2/c29-21-9-1-17(2-10-21)25-26(18-3-11-22(30)12-4-18)34-28(20-7-15-24(32)16-8-20)27(33-25)19-5-13-23(31)14-6-19/h1-16H. The van der Waals surface area contributed by atoms with Crippen LogP contribution in [0.3, 0.4) is 0 Å². The van der Waals surface area contributed by atoms with Crippen molar-refractivity contribution < 1.29 is 17.6 Å². The van der Waals surface area contributed by atoms with Crippen molar-refractivity contribution in [3.8, 4) is 45.0 Å². The minimum atomic E-state index is -0.401. The summed E-state index contributed by atoms with van der Waals surface area (Å²) in [5.41, 5.74) is 4.16. The normalized spacial score (nSPS) is 10.9. The largest absolute Gasteiger partial charge is 0.243 e. The Kier molecular flexibility index (Phi) is 5.64. The van der Waals surface area contributed by atoms with Gasteiger partial charge in [0.25, 0.3) is 0 Å². The van der Waals surface area contributed by atoms with Gasteiger partial charge >= 0.3 is 0 Å². The molecule has 1 aromatic heterocycles. The van der Waals surface area contributed by atoms with Crippen LogP contribution in [0, 0.1) is 23.3 Å². The molecule has 0 aliphatic rings. The quantitative estimate of drug-likeness (QED) is 0.259. The lowest BCUT2D eigenvalue weighted by atomic mass is 9.99. The van der Waals surface area contributed by atoms with Gasteiger partial charge in [0.1, 0.15) is 23.3 Å². The molecular weight excluding hydrogens is 440 g/mol. The third kappa shape index (κ3) is 4.30. The number of aromatic nitrogens is 2. The maximum Gasteiger partial charge on any atom is 0.123 e. The van der Waals surface area contributed by atoms with E-state index in [1.807, 2.05) is 0 Å². The highest BCUT2D eigenvalue weighted by Gasteiger charge is 2.19. The number of rotatable bonds is 4. The molecule has 0 saturated carbocycles. The molecule has 1 heterocycles. The fourth-order valence-corrected chi connectivity index (χ4v) is 3.67. The minimum absolute atomic E-state index is 0.401. The molecule has 0 aliphatic carbocycles. The summed E-state index contributed by atoms with van der Waals surface area (Å²) in [5, 5.41) is 0. The molecule has 6 heteroatoms. The van der Waals surface area contributed by atoms with Crippen LogP contribution in [0.2, 0.25) is 0 Å². The summed E-state index contributed by atoms with van der Waals surface area (Å²) in [6.45, 7) is 0. The zero-order valence-corrected chi connectivity index (χ0v) is 17.6. The van der Waals surface area contributed by atoms with E-state index in [9.17, 15) is 17.6 Å². The molecule has 0 saturated heterocycles.